The van der Waals surface area contributed by atoms with Crippen molar-refractivity contribution >= 4 is 0 Å². The van der Waals surface area contributed by atoms with Crippen LogP contribution in [0, 0.1) is 0 Å². The number of hydrogen-bond acceptors (Lipinski definition) is 4. The van der Waals surface area contributed by atoms with Crippen LogP contribution in [0.5, 0.6) is 0 Å². The predicted octanol–water partition coefficient (Wildman–Crippen LogP) is 0.473. The van der Waals surface area contributed by atoms with Crippen molar-refractivity contribution in [3.63, 3.8) is 0 Å². The summed E-state index contributed by atoms with van der Waals surface area (Å²) in [4.78, 5) is 2.52. The van der Waals surface area contributed by atoms with Crippen molar-refractivity contribution in [1.29, 1.82) is 0 Å². The zero-order valence-electron chi connectivity index (χ0n) is 10.6. The normalized spacial score (nSPS) is 41.4. The fourth-order valence-electron chi connectivity index (χ4n) is 2.82. The molecule has 2 heterocycles. The van der Waals surface area contributed by atoms with E-state index in [9.17, 15) is 0 Å². The Morgan fingerprint density at radius 2 is 1.69 bits per heavy atom. The van der Waals surface area contributed by atoms with E-state index in [4.69, 9.17) is 9.47 Å². The van der Waals surface area contributed by atoms with E-state index in [0.717, 1.165) is 19.6 Å². The van der Waals surface area contributed by atoms with E-state index >= 15 is 0 Å². The molecule has 0 bridgehead atoms. The summed E-state index contributed by atoms with van der Waals surface area (Å²) in [5.41, 5.74) is 0. The molecule has 4 nitrogen and oxygen atoms in total. The molecular weight excluding hydrogens is 204 g/mol. The molecule has 2 aliphatic heterocycles. The van der Waals surface area contributed by atoms with Crippen LogP contribution in [0.2, 0.25) is 0 Å². The van der Waals surface area contributed by atoms with Crippen molar-refractivity contribution in [1.82, 2.24) is 10.2 Å². The van der Waals surface area contributed by atoms with Gasteiger partial charge in [0.2, 0.25) is 0 Å². The Balaban J connectivity index is 1.87. The lowest BCUT2D eigenvalue weighted by atomic mass is 10.0. The van der Waals surface area contributed by atoms with Gasteiger partial charge in [-0.15, -0.1) is 0 Å². The molecular formula is C12H24N2O2. The minimum Gasteiger partial charge on any atom is -0.377 e. The zero-order chi connectivity index (χ0) is 11.5. The summed E-state index contributed by atoms with van der Waals surface area (Å²) in [6.07, 6.45) is 3.05. The molecule has 4 atom stereocenters. The van der Waals surface area contributed by atoms with Crippen molar-refractivity contribution in [2.75, 3.05) is 33.9 Å². The van der Waals surface area contributed by atoms with Crippen LogP contribution in [0.25, 0.3) is 0 Å². The molecule has 16 heavy (non-hydrogen) atoms. The Morgan fingerprint density at radius 3 is 2.12 bits per heavy atom. The zero-order valence-corrected chi connectivity index (χ0v) is 10.6. The topological polar surface area (TPSA) is 33.7 Å². The summed E-state index contributed by atoms with van der Waals surface area (Å²) < 4.78 is 10.9. The molecule has 2 saturated heterocycles. The molecule has 0 aromatic rings. The average Bonchev–Trinajstić information content (AvgIpc) is 2.73. The number of ether oxygens (including phenoxy) is 2. The molecule has 2 fully saturated rings. The van der Waals surface area contributed by atoms with Gasteiger partial charge in [0.15, 0.2) is 0 Å². The van der Waals surface area contributed by atoms with E-state index in [1.165, 1.54) is 12.8 Å². The maximum absolute atomic E-state index is 5.47. The van der Waals surface area contributed by atoms with Crippen LogP contribution >= 0.6 is 0 Å². The van der Waals surface area contributed by atoms with Gasteiger partial charge in [-0.25, -0.2) is 0 Å². The van der Waals surface area contributed by atoms with Gasteiger partial charge in [-0.05, 0) is 19.8 Å². The summed E-state index contributed by atoms with van der Waals surface area (Å²) in [6, 6.07) is 1.34. The van der Waals surface area contributed by atoms with Crippen molar-refractivity contribution < 1.29 is 9.47 Å². The van der Waals surface area contributed by atoms with Gasteiger partial charge in [-0.3, -0.25) is 4.90 Å². The predicted molar refractivity (Wildman–Crippen MR) is 63.7 cm³/mol. The van der Waals surface area contributed by atoms with Gasteiger partial charge in [0, 0.05) is 45.9 Å². The Hall–Kier alpha value is -0.160. The largest absolute Gasteiger partial charge is 0.377 e. The van der Waals surface area contributed by atoms with Gasteiger partial charge in [0.1, 0.15) is 0 Å². The number of nitrogens with zero attached hydrogens (tertiary/aromatic N) is 1. The van der Waals surface area contributed by atoms with Crippen LogP contribution in [-0.4, -0.2) is 63.0 Å². The third-order valence-electron chi connectivity index (χ3n) is 4.00. The van der Waals surface area contributed by atoms with E-state index in [1.807, 2.05) is 0 Å². The maximum Gasteiger partial charge on any atom is 0.0971 e. The van der Waals surface area contributed by atoms with Gasteiger partial charge >= 0.3 is 0 Å². The third-order valence-corrected chi connectivity index (χ3v) is 4.00. The van der Waals surface area contributed by atoms with Crippen LogP contribution in [0.4, 0.5) is 0 Å². The van der Waals surface area contributed by atoms with Crippen molar-refractivity contribution in [3.05, 3.63) is 0 Å². The summed E-state index contributed by atoms with van der Waals surface area (Å²) >= 11 is 0. The van der Waals surface area contributed by atoms with E-state index in [2.05, 4.69) is 17.1 Å². The second-order valence-electron chi connectivity index (χ2n) is 5.04. The number of hydrogen-bond donors (Lipinski definition) is 1. The van der Waals surface area contributed by atoms with Crippen LogP contribution in [0.3, 0.4) is 0 Å². The smallest absolute Gasteiger partial charge is 0.0971 e. The molecule has 0 aromatic heterocycles. The van der Waals surface area contributed by atoms with Crippen LogP contribution in [0.15, 0.2) is 0 Å². The lowest BCUT2D eigenvalue weighted by molar-refractivity contribution is -0.00461. The Morgan fingerprint density at radius 1 is 1.06 bits per heavy atom. The number of methoxy groups -OCH3 is 2. The Kier molecular flexibility index (Phi) is 4.19. The highest BCUT2D eigenvalue weighted by molar-refractivity contribution is 4.92. The Labute approximate surface area is 98.3 Å². The molecule has 0 aromatic carbocycles. The number of nitrogens with one attached hydrogen (secondary N) is 1. The van der Waals surface area contributed by atoms with Gasteiger partial charge in [0.25, 0.3) is 0 Å². The van der Waals surface area contributed by atoms with E-state index < -0.39 is 0 Å². The quantitative estimate of drug-likeness (QED) is 0.761. The van der Waals surface area contributed by atoms with Gasteiger partial charge in [-0.2, -0.15) is 0 Å². The van der Waals surface area contributed by atoms with E-state index in [1.54, 1.807) is 14.2 Å². The summed E-state index contributed by atoms with van der Waals surface area (Å²) in [6.45, 7) is 5.38. The first-order valence-corrected chi connectivity index (χ1v) is 6.27. The number of rotatable bonds is 3. The molecule has 1 N–H and O–H groups in total. The fraction of sp³-hybridized carbons (Fsp3) is 1.00. The first-order valence-electron chi connectivity index (χ1n) is 6.27. The first kappa shape index (κ1) is 12.3. The lowest BCUT2D eigenvalue weighted by Crippen LogP contribution is -2.48. The molecule has 0 radical (unpaired) electrons. The second kappa shape index (κ2) is 5.45. The Bertz CT molecular complexity index is 205. The minimum atomic E-state index is 0.240. The molecule has 0 saturated carbocycles. The highest BCUT2D eigenvalue weighted by Crippen LogP contribution is 2.22. The molecule has 0 amide bonds. The lowest BCUT2D eigenvalue weighted by Gasteiger charge is -2.34. The molecule has 94 valence electrons. The number of piperidine rings is 1. The van der Waals surface area contributed by atoms with Crippen molar-refractivity contribution in [2.45, 2.75) is 44.1 Å². The van der Waals surface area contributed by atoms with Crippen LogP contribution < -0.4 is 5.32 Å². The summed E-state index contributed by atoms with van der Waals surface area (Å²) in [7, 11) is 3.56. The molecule has 2 rings (SSSR count). The van der Waals surface area contributed by atoms with E-state index in [-0.39, 0.29) is 12.2 Å². The molecule has 4 unspecified atom stereocenters. The highest BCUT2D eigenvalue weighted by Gasteiger charge is 2.37. The SMILES string of the molecule is COC1CN(C2CCC(C)NC2)CC1OC. The van der Waals surface area contributed by atoms with Gasteiger partial charge in [0.05, 0.1) is 12.2 Å². The van der Waals surface area contributed by atoms with E-state index in [0.29, 0.717) is 12.1 Å². The van der Waals surface area contributed by atoms with Crippen LogP contribution in [0.1, 0.15) is 19.8 Å². The van der Waals surface area contributed by atoms with Gasteiger partial charge < -0.3 is 14.8 Å². The van der Waals surface area contributed by atoms with Crippen molar-refractivity contribution in [2.24, 2.45) is 0 Å². The fourth-order valence-corrected chi connectivity index (χ4v) is 2.82. The molecule has 2 aliphatic rings. The molecule has 0 aliphatic carbocycles. The van der Waals surface area contributed by atoms with Crippen LogP contribution in [-0.2, 0) is 9.47 Å². The minimum absolute atomic E-state index is 0.240. The monoisotopic (exact) mass is 228 g/mol. The van der Waals surface area contributed by atoms with Crippen molar-refractivity contribution in [3.8, 4) is 0 Å². The maximum atomic E-state index is 5.47. The summed E-state index contributed by atoms with van der Waals surface area (Å²) in [5, 5.41) is 3.55. The molecule has 4 heteroatoms. The third kappa shape index (κ3) is 2.56. The number of likely N-dealkylation sites (tertiary alicyclic amines) is 1. The molecule has 0 spiro atoms. The standard InChI is InChI=1S/C12H24N2O2/c1-9-4-5-10(6-13-9)14-7-11(15-2)12(8-14)16-3/h9-13H,4-8H2,1-3H3. The summed E-state index contributed by atoms with van der Waals surface area (Å²) in [5.74, 6) is 0. The first-order chi connectivity index (χ1) is 7.74. The average molecular weight is 228 g/mol. The highest BCUT2D eigenvalue weighted by atomic mass is 16.5. The second-order valence-corrected chi connectivity index (χ2v) is 5.04. The van der Waals surface area contributed by atoms with Gasteiger partial charge in [-0.1, -0.05) is 0 Å².